The first-order chi connectivity index (χ1) is 14.0. The summed E-state index contributed by atoms with van der Waals surface area (Å²) in [6.07, 6.45) is 2.14. The number of nitrogens with one attached hydrogen (secondary N) is 1. The molecule has 0 saturated heterocycles. The van der Waals surface area contributed by atoms with Crippen molar-refractivity contribution in [3.63, 3.8) is 0 Å². The van der Waals surface area contributed by atoms with E-state index in [0.717, 1.165) is 0 Å². The smallest absolute Gasteiger partial charge is 0.405 e. The molecule has 3 heterocycles. The molecule has 1 amide bonds. The highest BCUT2D eigenvalue weighted by atomic mass is 19.1. The summed E-state index contributed by atoms with van der Waals surface area (Å²) in [5.41, 5.74) is 3.52. The number of fused-ring (bicyclic) bond motifs is 1. The van der Waals surface area contributed by atoms with E-state index in [0.29, 0.717) is 39.1 Å². The van der Waals surface area contributed by atoms with Gasteiger partial charge < -0.3 is 10.4 Å². The fourth-order valence-electron chi connectivity index (χ4n) is 3.37. The Morgan fingerprint density at radius 2 is 1.66 bits per heavy atom. The van der Waals surface area contributed by atoms with Gasteiger partial charge in [0.15, 0.2) is 0 Å². The molecule has 0 saturated carbocycles. The van der Waals surface area contributed by atoms with Gasteiger partial charge in [0.25, 0.3) is 0 Å². The van der Waals surface area contributed by atoms with E-state index in [1.54, 1.807) is 37.5 Å². The molecule has 144 valence electrons. The second-order valence-corrected chi connectivity index (χ2v) is 6.51. The van der Waals surface area contributed by atoms with Gasteiger partial charge in [-0.15, -0.1) is 0 Å². The molecule has 6 nitrogen and oxygen atoms in total. The fraction of sp³-hybridized carbons (Fsp3) is 0.0909. The molecule has 4 aromatic rings. The van der Waals surface area contributed by atoms with Gasteiger partial charge in [0, 0.05) is 28.9 Å². The number of carboxylic acid groups (broad SMARTS) is 1. The van der Waals surface area contributed by atoms with Crippen LogP contribution in [0.3, 0.4) is 0 Å². The van der Waals surface area contributed by atoms with Gasteiger partial charge in [-0.05, 0) is 49.4 Å². The van der Waals surface area contributed by atoms with Crippen molar-refractivity contribution < 1.29 is 14.3 Å². The summed E-state index contributed by atoms with van der Waals surface area (Å²) in [6.45, 7) is 1.71. The predicted molar refractivity (Wildman–Crippen MR) is 108 cm³/mol. The Labute approximate surface area is 166 Å². The molecule has 1 aromatic carbocycles. The lowest BCUT2D eigenvalue weighted by Gasteiger charge is -2.20. The lowest BCUT2D eigenvalue weighted by molar-refractivity contribution is 0.190. The monoisotopic (exact) mass is 388 g/mol. The van der Waals surface area contributed by atoms with Gasteiger partial charge >= 0.3 is 6.09 Å². The molecule has 0 spiro atoms. The molecule has 0 aliphatic heterocycles. The topological polar surface area (TPSA) is 88.0 Å². The largest absolute Gasteiger partial charge is 0.465 e. The van der Waals surface area contributed by atoms with Gasteiger partial charge in [-0.25, -0.2) is 14.2 Å². The van der Waals surface area contributed by atoms with Crippen LogP contribution in [-0.2, 0) is 0 Å². The van der Waals surface area contributed by atoms with E-state index in [2.05, 4.69) is 20.3 Å². The predicted octanol–water partition coefficient (Wildman–Crippen LogP) is 4.83. The van der Waals surface area contributed by atoms with Crippen LogP contribution in [0.2, 0.25) is 0 Å². The maximum absolute atomic E-state index is 14.1. The maximum Gasteiger partial charge on any atom is 0.405 e. The summed E-state index contributed by atoms with van der Waals surface area (Å²) in [6, 6.07) is 14.6. The van der Waals surface area contributed by atoms with Crippen LogP contribution in [0.4, 0.5) is 9.18 Å². The minimum Gasteiger partial charge on any atom is -0.465 e. The number of nitrogens with zero attached hydrogens (tertiary/aromatic N) is 3. The number of halogens is 1. The molecular formula is C22H17FN4O2. The lowest BCUT2D eigenvalue weighted by Crippen LogP contribution is -2.26. The number of rotatable bonds is 4. The van der Waals surface area contributed by atoms with Gasteiger partial charge in [-0.2, -0.15) is 0 Å². The van der Waals surface area contributed by atoms with Crippen molar-refractivity contribution >= 4 is 17.0 Å². The van der Waals surface area contributed by atoms with Gasteiger partial charge in [0.1, 0.15) is 5.82 Å². The number of amides is 1. The highest BCUT2D eigenvalue weighted by Crippen LogP contribution is 2.40. The summed E-state index contributed by atoms with van der Waals surface area (Å²) >= 11 is 0. The van der Waals surface area contributed by atoms with Crippen molar-refractivity contribution in [1.82, 2.24) is 20.3 Å². The average Bonchev–Trinajstić information content (AvgIpc) is 2.73. The van der Waals surface area contributed by atoms with Crippen LogP contribution in [0.1, 0.15) is 18.7 Å². The fourth-order valence-corrected chi connectivity index (χ4v) is 3.37. The molecular weight excluding hydrogens is 371 g/mol. The first-order valence-corrected chi connectivity index (χ1v) is 9.00. The molecule has 7 heteroatoms. The molecule has 3 aromatic heterocycles. The summed E-state index contributed by atoms with van der Waals surface area (Å²) < 4.78 is 14.1. The van der Waals surface area contributed by atoms with Gasteiger partial charge in [-0.3, -0.25) is 9.97 Å². The summed E-state index contributed by atoms with van der Waals surface area (Å²) in [7, 11) is 0. The van der Waals surface area contributed by atoms with Crippen molar-refractivity contribution in [2.75, 3.05) is 0 Å². The third-order valence-electron chi connectivity index (χ3n) is 4.57. The van der Waals surface area contributed by atoms with Crippen LogP contribution in [0, 0.1) is 5.82 Å². The van der Waals surface area contributed by atoms with Crippen molar-refractivity contribution in [2.45, 2.75) is 13.0 Å². The van der Waals surface area contributed by atoms with Crippen LogP contribution < -0.4 is 5.32 Å². The van der Waals surface area contributed by atoms with E-state index in [1.165, 1.54) is 12.1 Å². The molecule has 0 fully saturated rings. The Balaban J connectivity index is 2.14. The summed E-state index contributed by atoms with van der Waals surface area (Å²) in [4.78, 5) is 24.9. The zero-order chi connectivity index (χ0) is 20.4. The molecule has 0 aliphatic rings. The molecule has 0 aliphatic carbocycles. The van der Waals surface area contributed by atoms with E-state index in [1.807, 2.05) is 24.3 Å². The third-order valence-corrected chi connectivity index (χ3v) is 4.57. The minimum atomic E-state index is -1.16. The minimum absolute atomic E-state index is 0.395. The van der Waals surface area contributed by atoms with Crippen molar-refractivity contribution in [3.05, 3.63) is 78.5 Å². The first-order valence-electron chi connectivity index (χ1n) is 9.00. The molecule has 0 radical (unpaired) electrons. The van der Waals surface area contributed by atoms with E-state index in [4.69, 9.17) is 0 Å². The van der Waals surface area contributed by atoms with Crippen LogP contribution >= 0.6 is 0 Å². The van der Waals surface area contributed by atoms with E-state index in [9.17, 15) is 14.3 Å². The van der Waals surface area contributed by atoms with Crippen LogP contribution in [0.5, 0.6) is 0 Å². The van der Waals surface area contributed by atoms with Crippen molar-refractivity contribution in [1.29, 1.82) is 0 Å². The highest BCUT2D eigenvalue weighted by Gasteiger charge is 2.24. The van der Waals surface area contributed by atoms with Gasteiger partial charge in [0.2, 0.25) is 0 Å². The number of hydrogen-bond acceptors (Lipinski definition) is 4. The average molecular weight is 388 g/mol. The number of benzene rings is 1. The van der Waals surface area contributed by atoms with E-state index < -0.39 is 18.0 Å². The third kappa shape index (κ3) is 3.62. The quantitative estimate of drug-likeness (QED) is 0.523. The summed E-state index contributed by atoms with van der Waals surface area (Å²) in [5.74, 6) is -0.395. The Morgan fingerprint density at radius 1 is 1.00 bits per heavy atom. The second kappa shape index (κ2) is 7.63. The zero-order valence-corrected chi connectivity index (χ0v) is 15.5. The number of aromatic nitrogens is 3. The van der Waals surface area contributed by atoms with Crippen LogP contribution in [-0.4, -0.2) is 26.2 Å². The SMILES string of the molecule is CC(NC(=O)O)c1nc2ccc(F)cc2c(-c2ccccn2)c1-c1ccccn1. The molecule has 1 unspecified atom stereocenters. The Morgan fingerprint density at radius 3 is 2.24 bits per heavy atom. The molecule has 29 heavy (non-hydrogen) atoms. The van der Waals surface area contributed by atoms with Gasteiger partial charge in [-0.1, -0.05) is 12.1 Å². The molecule has 4 rings (SSSR count). The highest BCUT2D eigenvalue weighted by molar-refractivity contribution is 6.02. The maximum atomic E-state index is 14.1. The number of hydrogen-bond donors (Lipinski definition) is 2. The Kier molecular flexibility index (Phi) is 4.87. The van der Waals surface area contributed by atoms with Crippen molar-refractivity contribution in [2.24, 2.45) is 0 Å². The zero-order valence-electron chi connectivity index (χ0n) is 15.5. The van der Waals surface area contributed by atoms with Gasteiger partial charge in [0.05, 0.1) is 28.6 Å². The number of pyridine rings is 3. The lowest BCUT2D eigenvalue weighted by atomic mass is 9.92. The van der Waals surface area contributed by atoms with E-state index >= 15 is 0 Å². The second-order valence-electron chi connectivity index (χ2n) is 6.51. The van der Waals surface area contributed by atoms with Crippen LogP contribution in [0.25, 0.3) is 33.4 Å². The molecule has 2 N–H and O–H groups in total. The molecule has 0 bridgehead atoms. The Hall–Kier alpha value is -3.87. The van der Waals surface area contributed by atoms with E-state index in [-0.39, 0.29) is 0 Å². The standard InChI is InChI=1S/C22H17FN4O2/c1-13(26-22(28)29)21-20(18-7-3-5-11-25-18)19(17-6-2-4-10-24-17)15-12-14(23)8-9-16(15)27-21/h2-13,26H,1H3,(H,28,29). The Bertz CT molecular complexity index is 1180. The number of carbonyl (C=O) groups is 1. The van der Waals surface area contributed by atoms with Crippen molar-refractivity contribution in [3.8, 4) is 22.5 Å². The first kappa shape index (κ1) is 18.5. The summed E-state index contributed by atoms with van der Waals surface area (Å²) in [5, 5.41) is 12.3. The molecule has 1 atom stereocenters. The normalized spacial score (nSPS) is 11.9. The van der Waals surface area contributed by atoms with Crippen LogP contribution in [0.15, 0.2) is 67.0 Å².